The van der Waals surface area contributed by atoms with Crippen LogP contribution in [0.3, 0.4) is 0 Å². The minimum Gasteiger partial charge on any atom is -0.379 e. The first-order valence-electron chi connectivity index (χ1n) is 7.15. The standard InChI is InChI=1S/C13H27N3O/c1-2-16(13-3-4-13)8-6-14-5-7-15-9-11-17-12-10-15/h13-14H,2-12H2,1H3. The third-order valence-electron chi connectivity index (χ3n) is 3.75. The first-order chi connectivity index (χ1) is 8.40. The molecule has 0 radical (unpaired) electrons. The highest BCUT2D eigenvalue weighted by Crippen LogP contribution is 2.25. The van der Waals surface area contributed by atoms with Crippen LogP contribution in [0.1, 0.15) is 19.8 Å². The van der Waals surface area contributed by atoms with Gasteiger partial charge in [0.05, 0.1) is 13.2 Å². The molecule has 2 fully saturated rings. The van der Waals surface area contributed by atoms with Crippen LogP contribution in [0.2, 0.25) is 0 Å². The molecule has 0 spiro atoms. The van der Waals surface area contributed by atoms with Crippen LogP contribution in [0.15, 0.2) is 0 Å². The van der Waals surface area contributed by atoms with Gasteiger partial charge in [0, 0.05) is 45.3 Å². The highest BCUT2D eigenvalue weighted by Gasteiger charge is 2.26. The quantitative estimate of drug-likeness (QED) is 0.622. The Kier molecular flexibility index (Phi) is 5.71. The van der Waals surface area contributed by atoms with Crippen LogP contribution in [0, 0.1) is 0 Å². The second kappa shape index (κ2) is 7.31. The predicted octanol–water partition coefficient (Wildman–Crippen LogP) is 0.393. The molecule has 4 heteroatoms. The minimum absolute atomic E-state index is 0.904. The molecular weight excluding hydrogens is 214 g/mol. The number of nitrogens with zero attached hydrogens (tertiary/aromatic N) is 2. The number of nitrogens with one attached hydrogen (secondary N) is 1. The van der Waals surface area contributed by atoms with Crippen molar-refractivity contribution in [1.29, 1.82) is 0 Å². The Labute approximate surface area is 105 Å². The SMILES string of the molecule is CCN(CCNCCN1CCOCC1)C1CC1. The molecule has 2 aliphatic rings. The summed E-state index contributed by atoms with van der Waals surface area (Å²) in [6.45, 7) is 12.1. The van der Waals surface area contributed by atoms with Crippen LogP contribution in [0.25, 0.3) is 0 Å². The normalized spacial score (nSPS) is 22.2. The van der Waals surface area contributed by atoms with Gasteiger partial charge in [-0.2, -0.15) is 0 Å². The Bertz CT molecular complexity index is 203. The third-order valence-corrected chi connectivity index (χ3v) is 3.75. The lowest BCUT2D eigenvalue weighted by Gasteiger charge is -2.26. The van der Waals surface area contributed by atoms with Crippen molar-refractivity contribution in [3.8, 4) is 0 Å². The molecule has 0 aromatic rings. The number of rotatable bonds is 8. The fraction of sp³-hybridized carbons (Fsp3) is 1.00. The highest BCUT2D eigenvalue weighted by atomic mass is 16.5. The summed E-state index contributed by atoms with van der Waals surface area (Å²) in [7, 11) is 0. The van der Waals surface area contributed by atoms with Crippen molar-refractivity contribution in [1.82, 2.24) is 15.1 Å². The molecule has 2 rings (SSSR count). The van der Waals surface area contributed by atoms with E-state index in [-0.39, 0.29) is 0 Å². The van der Waals surface area contributed by atoms with E-state index in [0.717, 1.165) is 45.4 Å². The van der Waals surface area contributed by atoms with Crippen molar-refractivity contribution >= 4 is 0 Å². The largest absolute Gasteiger partial charge is 0.379 e. The molecule has 0 unspecified atom stereocenters. The van der Waals surface area contributed by atoms with Crippen LogP contribution in [-0.2, 0) is 4.74 Å². The summed E-state index contributed by atoms with van der Waals surface area (Å²) in [5.41, 5.74) is 0. The van der Waals surface area contributed by atoms with Crippen molar-refractivity contribution in [2.24, 2.45) is 0 Å². The van der Waals surface area contributed by atoms with Crippen molar-refractivity contribution in [2.45, 2.75) is 25.8 Å². The predicted molar refractivity (Wildman–Crippen MR) is 70.4 cm³/mol. The van der Waals surface area contributed by atoms with Gasteiger partial charge in [-0.1, -0.05) is 6.92 Å². The first-order valence-corrected chi connectivity index (χ1v) is 7.15. The molecule has 4 nitrogen and oxygen atoms in total. The Morgan fingerprint density at radius 1 is 1.24 bits per heavy atom. The Balaban J connectivity index is 1.45. The van der Waals surface area contributed by atoms with Crippen LogP contribution in [0.4, 0.5) is 0 Å². The van der Waals surface area contributed by atoms with Crippen LogP contribution >= 0.6 is 0 Å². The van der Waals surface area contributed by atoms with Crippen molar-refractivity contribution < 1.29 is 4.74 Å². The molecule has 0 amide bonds. The Morgan fingerprint density at radius 2 is 2.00 bits per heavy atom. The zero-order valence-corrected chi connectivity index (χ0v) is 11.2. The Morgan fingerprint density at radius 3 is 2.65 bits per heavy atom. The number of hydrogen-bond donors (Lipinski definition) is 1. The van der Waals surface area contributed by atoms with Gasteiger partial charge < -0.3 is 10.1 Å². The number of ether oxygens (including phenoxy) is 1. The van der Waals surface area contributed by atoms with Crippen LogP contribution in [0.5, 0.6) is 0 Å². The lowest BCUT2D eigenvalue weighted by atomic mass is 10.4. The number of likely N-dealkylation sites (N-methyl/N-ethyl adjacent to an activating group) is 1. The summed E-state index contributed by atoms with van der Waals surface area (Å²) in [6, 6.07) is 0.904. The van der Waals surface area contributed by atoms with E-state index in [4.69, 9.17) is 4.74 Å². The summed E-state index contributed by atoms with van der Waals surface area (Å²) in [4.78, 5) is 5.08. The molecule has 0 aromatic heterocycles. The molecular formula is C13H27N3O. The van der Waals surface area contributed by atoms with Crippen molar-refractivity contribution in [3.05, 3.63) is 0 Å². The molecule has 1 aliphatic carbocycles. The molecule has 1 heterocycles. The van der Waals surface area contributed by atoms with E-state index in [1.54, 1.807) is 0 Å². The average molecular weight is 241 g/mol. The molecule has 0 bridgehead atoms. The summed E-state index contributed by atoms with van der Waals surface area (Å²) >= 11 is 0. The lowest BCUT2D eigenvalue weighted by molar-refractivity contribution is 0.0384. The first kappa shape index (κ1) is 13.3. The van der Waals surface area contributed by atoms with Gasteiger partial charge in [0.25, 0.3) is 0 Å². The van der Waals surface area contributed by atoms with Gasteiger partial charge >= 0.3 is 0 Å². The second-order valence-electron chi connectivity index (χ2n) is 5.06. The maximum Gasteiger partial charge on any atom is 0.0594 e. The lowest BCUT2D eigenvalue weighted by Crippen LogP contribution is -2.41. The zero-order chi connectivity index (χ0) is 11.9. The fourth-order valence-corrected chi connectivity index (χ4v) is 2.45. The average Bonchev–Trinajstić information content (AvgIpc) is 3.19. The molecule has 0 atom stereocenters. The van der Waals surface area contributed by atoms with Crippen molar-refractivity contribution in [3.63, 3.8) is 0 Å². The number of morpholine rings is 1. The maximum atomic E-state index is 5.34. The van der Waals surface area contributed by atoms with Crippen molar-refractivity contribution in [2.75, 3.05) is 59.0 Å². The molecule has 100 valence electrons. The van der Waals surface area contributed by atoms with Gasteiger partial charge in [0.2, 0.25) is 0 Å². The van der Waals surface area contributed by atoms with Gasteiger partial charge in [-0.05, 0) is 19.4 Å². The fourth-order valence-electron chi connectivity index (χ4n) is 2.45. The van der Waals surface area contributed by atoms with E-state index in [2.05, 4.69) is 22.0 Å². The van der Waals surface area contributed by atoms with Gasteiger partial charge in [0.1, 0.15) is 0 Å². The van der Waals surface area contributed by atoms with E-state index in [0.29, 0.717) is 0 Å². The topological polar surface area (TPSA) is 27.7 Å². The van der Waals surface area contributed by atoms with Gasteiger partial charge in [0.15, 0.2) is 0 Å². The number of hydrogen-bond acceptors (Lipinski definition) is 4. The molecule has 17 heavy (non-hydrogen) atoms. The summed E-state index contributed by atoms with van der Waals surface area (Å²) in [6.07, 6.45) is 2.84. The zero-order valence-electron chi connectivity index (χ0n) is 11.2. The smallest absolute Gasteiger partial charge is 0.0594 e. The van der Waals surface area contributed by atoms with Gasteiger partial charge in [-0.15, -0.1) is 0 Å². The molecule has 1 saturated heterocycles. The highest BCUT2D eigenvalue weighted by molar-refractivity contribution is 4.83. The Hall–Kier alpha value is -0.160. The van der Waals surface area contributed by atoms with E-state index in [9.17, 15) is 0 Å². The van der Waals surface area contributed by atoms with E-state index < -0.39 is 0 Å². The van der Waals surface area contributed by atoms with Gasteiger partial charge in [-0.3, -0.25) is 9.80 Å². The van der Waals surface area contributed by atoms with Crippen LogP contribution < -0.4 is 5.32 Å². The van der Waals surface area contributed by atoms with E-state index in [1.807, 2.05) is 0 Å². The third kappa shape index (κ3) is 4.92. The minimum atomic E-state index is 0.904. The van der Waals surface area contributed by atoms with Gasteiger partial charge in [-0.25, -0.2) is 0 Å². The monoisotopic (exact) mass is 241 g/mol. The van der Waals surface area contributed by atoms with Crippen LogP contribution in [-0.4, -0.2) is 74.9 Å². The molecule has 1 saturated carbocycles. The molecule has 0 aromatic carbocycles. The summed E-state index contributed by atoms with van der Waals surface area (Å²) in [5.74, 6) is 0. The van der Waals surface area contributed by atoms with E-state index >= 15 is 0 Å². The van der Waals surface area contributed by atoms with E-state index in [1.165, 1.54) is 32.5 Å². The summed E-state index contributed by atoms with van der Waals surface area (Å²) < 4.78 is 5.34. The summed E-state index contributed by atoms with van der Waals surface area (Å²) in [5, 5.41) is 3.56. The maximum absolute atomic E-state index is 5.34. The molecule has 1 N–H and O–H groups in total. The second-order valence-corrected chi connectivity index (χ2v) is 5.06. The molecule has 1 aliphatic heterocycles.